The molecule has 2 aromatic rings. The summed E-state index contributed by atoms with van der Waals surface area (Å²) in [6, 6.07) is 10.9. The van der Waals surface area contributed by atoms with E-state index < -0.39 is 37.1 Å². The standard InChI is InChI=1S/C21H24O7S/c22-9-16-18(25)19(26)20(27)21(28-16)13-7-11(14(23)8-15(13)24)6-12-5-10-3-1-2-4-17(10)29-12/h1-4,7-8,12,16,18-27H,5-6,9H2/t12?,16?,18-,19?,20?,21?/m1/s1. The van der Waals surface area contributed by atoms with Crippen LogP contribution in [0.5, 0.6) is 11.5 Å². The first-order chi connectivity index (χ1) is 13.9. The predicted octanol–water partition coefficient (Wildman–Crippen LogP) is 0.872. The third kappa shape index (κ3) is 3.84. The number of phenols is 2. The SMILES string of the molecule is OCC1OC(c2cc(CC3Cc4ccccc4S3)c(O)cc2O)C(O)C(O)[C@@H]1O. The van der Waals surface area contributed by atoms with Gasteiger partial charge in [-0.2, -0.15) is 0 Å². The lowest BCUT2D eigenvalue weighted by molar-refractivity contribution is -0.232. The molecule has 0 aromatic heterocycles. The first-order valence-electron chi connectivity index (χ1n) is 9.49. The number of aliphatic hydroxyl groups excluding tert-OH is 4. The number of phenolic OH excluding ortho intramolecular Hbond substituents is 2. The summed E-state index contributed by atoms with van der Waals surface area (Å²) in [5.41, 5.74) is 2.03. The van der Waals surface area contributed by atoms with Crippen molar-refractivity contribution in [3.8, 4) is 11.5 Å². The fourth-order valence-electron chi connectivity index (χ4n) is 4.00. The van der Waals surface area contributed by atoms with Crippen LogP contribution in [0, 0.1) is 0 Å². The number of fused-ring (bicyclic) bond motifs is 1. The van der Waals surface area contributed by atoms with Gasteiger partial charge in [0.25, 0.3) is 0 Å². The molecule has 1 fully saturated rings. The Bertz CT molecular complexity index is 862. The Hall–Kier alpha value is -1.81. The van der Waals surface area contributed by atoms with Crippen LogP contribution >= 0.6 is 11.8 Å². The number of aromatic hydroxyl groups is 2. The van der Waals surface area contributed by atoms with Gasteiger partial charge >= 0.3 is 0 Å². The number of hydrogen-bond acceptors (Lipinski definition) is 8. The maximum atomic E-state index is 10.4. The van der Waals surface area contributed by atoms with Crippen molar-refractivity contribution in [2.24, 2.45) is 0 Å². The number of rotatable bonds is 4. The molecule has 2 aliphatic heterocycles. The number of hydrogen-bond donors (Lipinski definition) is 6. The van der Waals surface area contributed by atoms with Gasteiger partial charge in [0.1, 0.15) is 42.0 Å². The Morgan fingerprint density at radius 3 is 2.45 bits per heavy atom. The molecule has 0 aliphatic carbocycles. The minimum Gasteiger partial charge on any atom is -0.508 e. The van der Waals surface area contributed by atoms with Crippen LogP contribution in [0.25, 0.3) is 0 Å². The number of aliphatic hydroxyl groups is 4. The van der Waals surface area contributed by atoms with E-state index in [2.05, 4.69) is 12.1 Å². The van der Waals surface area contributed by atoms with Gasteiger partial charge in [-0.15, -0.1) is 11.8 Å². The quantitative estimate of drug-likeness (QED) is 0.430. The van der Waals surface area contributed by atoms with Gasteiger partial charge in [0.05, 0.1) is 6.61 Å². The van der Waals surface area contributed by atoms with Gasteiger partial charge in [0.2, 0.25) is 0 Å². The molecule has 7 nitrogen and oxygen atoms in total. The van der Waals surface area contributed by atoms with E-state index in [9.17, 15) is 30.6 Å². The van der Waals surface area contributed by atoms with Crippen LogP contribution in [0.1, 0.15) is 22.8 Å². The van der Waals surface area contributed by atoms with Crippen LogP contribution in [0.2, 0.25) is 0 Å². The smallest absolute Gasteiger partial charge is 0.125 e. The van der Waals surface area contributed by atoms with Gasteiger partial charge in [-0.25, -0.2) is 0 Å². The molecule has 5 unspecified atom stereocenters. The molecule has 8 heteroatoms. The molecule has 0 bridgehead atoms. The van der Waals surface area contributed by atoms with Gasteiger partial charge in [-0.05, 0) is 36.1 Å². The second kappa shape index (κ2) is 8.14. The maximum absolute atomic E-state index is 10.4. The minimum absolute atomic E-state index is 0.0626. The van der Waals surface area contributed by atoms with Crippen molar-refractivity contribution in [2.45, 2.75) is 53.5 Å². The van der Waals surface area contributed by atoms with Gasteiger partial charge in [-0.1, -0.05) is 18.2 Å². The van der Waals surface area contributed by atoms with Crippen LogP contribution < -0.4 is 0 Å². The van der Waals surface area contributed by atoms with E-state index in [4.69, 9.17) is 4.74 Å². The lowest BCUT2D eigenvalue weighted by atomic mass is 9.89. The van der Waals surface area contributed by atoms with Crippen LogP contribution in [0.3, 0.4) is 0 Å². The lowest BCUT2D eigenvalue weighted by Gasteiger charge is -2.40. The molecule has 2 heterocycles. The fourth-order valence-corrected chi connectivity index (χ4v) is 5.35. The Kier molecular flexibility index (Phi) is 5.74. The normalized spacial score (nSPS) is 31.6. The second-order valence-electron chi connectivity index (χ2n) is 7.55. The Morgan fingerprint density at radius 2 is 1.72 bits per heavy atom. The summed E-state index contributed by atoms with van der Waals surface area (Å²) >= 11 is 1.73. The molecule has 0 amide bonds. The van der Waals surface area contributed by atoms with Crippen LogP contribution in [-0.2, 0) is 17.6 Å². The van der Waals surface area contributed by atoms with E-state index in [1.807, 2.05) is 12.1 Å². The molecule has 2 aliphatic rings. The molecule has 0 radical (unpaired) electrons. The molecule has 6 atom stereocenters. The van der Waals surface area contributed by atoms with Crippen LogP contribution in [0.4, 0.5) is 0 Å². The van der Waals surface area contributed by atoms with E-state index in [0.29, 0.717) is 12.0 Å². The first kappa shape index (κ1) is 20.5. The summed E-state index contributed by atoms with van der Waals surface area (Å²) in [7, 11) is 0. The average Bonchev–Trinajstić information content (AvgIpc) is 3.11. The maximum Gasteiger partial charge on any atom is 0.125 e. The molecular weight excluding hydrogens is 396 g/mol. The molecule has 0 spiro atoms. The highest BCUT2D eigenvalue weighted by Crippen LogP contribution is 2.42. The molecule has 1 saturated heterocycles. The molecule has 4 rings (SSSR count). The number of benzene rings is 2. The van der Waals surface area contributed by atoms with Crippen molar-refractivity contribution in [1.82, 2.24) is 0 Å². The zero-order valence-electron chi connectivity index (χ0n) is 15.5. The Labute approximate surface area is 172 Å². The van der Waals surface area contributed by atoms with Crippen molar-refractivity contribution >= 4 is 11.8 Å². The van der Waals surface area contributed by atoms with Crippen molar-refractivity contribution in [2.75, 3.05) is 6.61 Å². The van der Waals surface area contributed by atoms with E-state index in [-0.39, 0.29) is 22.3 Å². The van der Waals surface area contributed by atoms with E-state index in [1.165, 1.54) is 16.5 Å². The molecule has 0 saturated carbocycles. The Morgan fingerprint density at radius 1 is 0.966 bits per heavy atom. The number of thioether (sulfide) groups is 1. The third-order valence-corrected chi connectivity index (χ3v) is 6.91. The first-order valence-corrected chi connectivity index (χ1v) is 10.4. The molecule has 2 aromatic carbocycles. The summed E-state index contributed by atoms with van der Waals surface area (Å²) in [6.45, 7) is -0.551. The zero-order chi connectivity index (χ0) is 20.7. The number of ether oxygens (including phenoxy) is 1. The molecule has 156 valence electrons. The topological polar surface area (TPSA) is 131 Å². The lowest BCUT2D eigenvalue weighted by Crippen LogP contribution is -2.55. The monoisotopic (exact) mass is 420 g/mol. The highest BCUT2D eigenvalue weighted by Gasteiger charge is 2.45. The highest BCUT2D eigenvalue weighted by atomic mass is 32.2. The van der Waals surface area contributed by atoms with Crippen molar-refractivity contribution in [3.05, 3.63) is 53.1 Å². The van der Waals surface area contributed by atoms with Gasteiger partial charge in [-0.3, -0.25) is 0 Å². The van der Waals surface area contributed by atoms with Gasteiger partial charge in [0, 0.05) is 21.8 Å². The molecule has 6 N–H and O–H groups in total. The summed E-state index contributed by atoms with van der Waals surface area (Å²) in [6.07, 6.45) is -5.35. The third-order valence-electron chi connectivity index (χ3n) is 5.59. The molecule has 29 heavy (non-hydrogen) atoms. The van der Waals surface area contributed by atoms with E-state index in [1.54, 1.807) is 17.8 Å². The largest absolute Gasteiger partial charge is 0.508 e. The summed E-state index contributed by atoms with van der Waals surface area (Å²) in [5, 5.41) is 60.7. The average molecular weight is 420 g/mol. The summed E-state index contributed by atoms with van der Waals surface area (Å²) in [4.78, 5) is 1.21. The van der Waals surface area contributed by atoms with E-state index >= 15 is 0 Å². The Balaban J connectivity index is 1.59. The van der Waals surface area contributed by atoms with Crippen LogP contribution in [-0.4, -0.2) is 66.9 Å². The predicted molar refractivity (Wildman–Crippen MR) is 106 cm³/mol. The van der Waals surface area contributed by atoms with Crippen molar-refractivity contribution < 1.29 is 35.4 Å². The summed E-state index contributed by atoms with van der Waals surface area (Å²) < 4.78 is 5.56. The zero-order valence-corrected chi connectivity index (χ0v) is 16.4. The minimum atomic E-state index is -1.54. The van der Waals surface area contributed by atoms with Gasteiger partial charge in [0.15, 0.2) is 0 Å². The second-order valence-corrected chi connectivity index (χ2v) is 8.89. The van der Waals surface area contributed by atoms with Crippen LogP contribution in [0.15, 0.2) is 41.3 Å². The highest BCUT2D eigenvalue weighted by molar-refractivity contribution is 8.00. The summed E-state index contributed by atoms with van der Waals surface area (Å²) in [5.74, 6) is -0.356. The van der Waals surface area contributed by atoms with Crippen molar-refractivity contribution in [1.29, 1.82) is 0 Å². The van der Waals surface area contributed by atoms with Crippen molar-refractivity contribution in [3.63, 3.8) is 0 Å². The van der Waals surface area contributed by atoms with Gasteiger partial charge < -0.3 is 35.4 Å². The van der Waals surface area contributed by atoms with E-state index in [0.717, 1.165) is 6.42 Å². The molecular formula is C21H24O7S. The fraction of sp³-hybridized carbons (Fsp3) is 0.429.